The molecular weight excluding hydrogens is 240 g/mol. The van der Waals surface area contributed by atoms with Crippen LogP contribution in [0, 0.1) is 10.1 Å². The number of nitro benzene ring substituents is 1. The van der Waals surface area contributed by atoms with Crippen molar-refractivity contribution >= 4 is 12.0 Å². The number of hydrogen-bond acceptors (Lipinski definition) is 6. The summed E-state index contributed by atoms with van der Waals surface area (Å²) in [6, 6.07) is 3.71. The Morgan fingerprint density at radius 3 is 2.67 bits per heavy atom. The predicted octanol–water partition coefficient (Wildman–Crippen LogP) is 0.0210. The Morgan fingerprint density at radius 1 is 1.50 bits per heavy atom. The first-order valence-corrected chi connectivity index (χ1v) is 5.25. The SMILES string of the molecule is CNCC(O)C(O)c1ccc(C=O)c([N+](=O)[O-])c1. The second-order valence-corrected chi connectivity index (χ2v) is 3.76. The van der Waals surface area contributed by atoms with E-state index in [0.717, 1.165) is 6.07 Å². The van der Waals surface area contributed by atoms with Gasteiger partial charge in [0.05, 0.1) is 16.6 Å². The number of aliphatic hydroxyl groups excluding tert-OH is 2. The minimum absolute atomic E-state index is 0.0703. The summed E-state index contributed by atoms with van der Waals surface area (Å²) in [7, 11) is 1.61. The first-order valence-electron chi connectivity index (χ1n) is 5.25. The Balaban J connectivity index is 3.07. The van der Waals surface area contributed by atoms with Gasteiger partial charge >= 0.3 is 0 Å². The molecule has 0 saturated carbocycles. The molecule has 0 aliphatic heterocycles. The van der Waals surface area contributed by atoms with Gasteiger partial charge in [0.15, 0.2) is 6.29 Å². The second kappa shape index (κ2) is 6.20. The largest absolute Gasteiger partial charge is 0.389 e. The third-order valence-electron chi connectivity index (χ3n) is 2.50. The third kappa shape index (κ3) is 3.10. The molecule has 1 aromatic rings. The highest BCUT2D eigenvalue weighted by Gasteiger charge is 2.21. The lowest BCUT2D eigenvalue weighted by molar-refractivity contribution is -0.385. The molecule has 98 valence electrons. The smallest absolute Gasteiger partial charge is 0.280 e. The number of nitrogens with one attached hydrogen (secondary N) is 1. The monoisotopic (exact) mass is 254 g/mol. The molecule has 2 atom stereocenters. The van der Waals surface area contributed by atoms with Crippen LogP contribution in [0.2, 0.25) is 0 Å². The van der Waals surface area contributed by atoms with Crippen LogP contribution in [0.1, 0.15) is 22.0 Å². The Bertz CT molecular complexity index is 449. The van der Waals surface area contributed by atoms with Crippen molar-refractivity contribution in [3.63, 3.8) is 0 Å². The summed E-state index contributed by atoms with van der Waals surface area (Å²) in [5.74, 6) is 0. The van der Waals surface area contributed by atoms with E-state index in [1.807, 2.05) is 0 Å². The predicted molar refractivity (Wildman–Crippen MR) is 63.4 cm³/mol. The average molecular weight is 254 g/mol. The highest BCUT2D eigenvalue weighted by Crippen LogP contribution is 2.24. The molecule has 3 N–H and O–H groups in total. The molecule has 7 heteroatoms. The van der Waals surface area contributed by atoms with Crippen LogP contribution >= 0.6 is 0 Å². The number of aldehydes is 1. The average Bonchev–Trinajstić information content (AvgIpc) is 2.37. The molecule has 2 unspecified atom stereocenters. The van der Waals surface area contributed by atoms with E-state index in [9.17, 15) is 25.1 Å². The molecule has 0 spiro atoms. The van der Waals surface area contributed by atoms with Gasteiger partial charge in [0.2, 0.25) is 0 Å². The lowest BCUT2D eigenvalue weighted by atomic mass is 10.0. The van der Waals surface area contributed by atoms with Gasteiger partial charge in [0.25, 0.3) is 5.69 Å². The van der Waals surface area contributed by atoms with Gasteiger partial charge in [0.1, 0.15) is 6.10 Å². The Hall–Kier alpha value is -1.83. The van der Waals surface area contributed by atoms with E-state index in [0.29, 0.717) is 6.29 Å². The van der Waals surface area contributed by atoms with Crippen LogP contribution < -0.4 is 5.32 Å². The topological polar surface area (TPSA) is 113 Å². The fraction of sp³-hybridized carbons (Fsp3) is 0.364. The van der Waals surface area contributed by atoms with Crippen molar-refractivity contribution in [3.8, 4) is 0 Å². The standard InChI is InChI=1S/C11H14N2O5/c1-12-5-10(15)11(16)7-2-3-8(6-14)9(4-7)13(17)18/h2-4,6,10-12,15-16H,5H2,1H3. The molecule has 1 rings (SSSR count). The van der Waals surface area contributed by atoms with Crippen LogP contribution in [0.4, 0.5) is 5.69 Å². The molecule has 1 aromatic carbocycles. The third-order valence-corrected chi connectivity index (χ3v) is 2.50. The number of carbonyl (C=O) groups is 1. The number of hydrogen-bond donors (Lipinski definition) is 3. The van der Waals surface area contributed by atoms with Crippen molar-refractivity contribution in [2.45, 2.75) is 12.2 Å². The van der Waals surface area contributed by atoms with Crippen LogP contribution in [-0.2, 0) is 0 Å². The van der Waals surface area contributed by atoms with E-state index in [1.165, 1.54) is 12.1 Å². The lowest BCUT2D eigenvalue weighted by Gasteiger charge is -2.17. The molecule has 7 nitrogen and oxygen atoms in total. The maximum Gasteiger partial charge on any atom is 0.280 e. The fourth-order valence-electron chi connectivity index (χ4n) is 1.55. The van der Waals surface area contributed by atoms with Crippen LogP contribution in [-0.4, -0.2) is 41.1 Å². The lowest BCUT2D eigenvalue weighted by Crippen LogP contribution is -2.29. The van der Waals surface area contributed by atoms with Gasteiger partial charge in [-0.15, -0.1) is 0 Å². The number of carbonyl (C=O) groups excluding carboxylic acids is 1. The van der Waals surface area contributed by atoms with Crippen LogP contribution in [0.5, 0.6) is 0 Å². The maximum absolute atomic E-state index is 10.7. The van der Waals surface area contributed by atoms with Crippen molar-refractivity contribution in [2.75, 3.05) is 13.6 Å². The quantitative estimate of drug-likeness (QED) is 0.375. The summed E-state index contributed by atoms with van der Waals surface area (Å²) in [6.45, 7) is 0.143. The van der Waals surface area contributed by atoms with E-state index in [4.69, 9.17) is 0 Å². The Labute approximate surface area is 103 Å². The van der Waals surface area contributed by atoms with Gasteiger partial charge in [-0.25, -0.2) is 0 Å². The van der Waals surface area contributed by atoms with E-state index >= 15 is 0 Å². The van der Waals surface area contributed by atoms with E-state index in [-0.39, 0.29) is 17.7 Å². The summed E-state index contributed by atoms with van der Waals surface area (Å²) in [5.41, 5.74) is -0.271. The molecule has 0 amide bonds. The first-order chi connectivity index (χ1) is 8.51. The van der Waals surface area contributed by atoms with Gasteiger partial charge in [-0.2, -0.15) is 0 Å². The number of rotatable bonds is 6. The van der Waals surface area contributed by atoms with Crippen LogP contribution in [0.25, 0.3) is 0 Å². The van der Waals surface area contributed by atoms with Crippen molar-refractivity contribution in [2.24, 2.45) is 0 Å². The van der Waals surface area contributed by atoms with Gasteiger partial charge in [-0.1, -0.05) is 6.07 Å². The van der Waals surface area contributed by atoms with Crippen LogP contribution in [0.15, 0.2) is 18.2 Å². The molecule has 0 radical (unpaired) electrons. The molecular formula is C11H14N2O5. The van der Waals surface area contributed by atoms with Crippen molar-refractivity contribution in [3.05, 3.63) is 39.4 Å². The van der Waals surface area contributed by atoms with E-state index in [1.54, 1.807) is 7.05 Å². The zero-order valence-corrected chi connectivity index (χ0v) is 9.74. The van der Waals surface area contributed by atoms with Gasteiger partial charge < -0.3 is 15.5 Å². The zero-order chi connectivity index (χ0) is 13.7. The highest BCUT2D eigenvalue weighted by molar-refractivity contribution is 5.81. The summed E-state index contributed by atoms with van der Waals surface area (Å²) in [5, 5.41) is 32.8. The maximum atomic E-state index is 10.7. The normalized spacial score (nSPS) is 13.9. The van der Waals surface area contributed by atoms with Crippen molar-refractivity contribution in [1.82, 2.24) is 5.32 Å². The number of nitrogens with zero attached hydrogens (tertiary/aromatic N) is 1. The van der Waals surface area contributed by atoms with Gasteiger partial charge in [-0.3, -0.25) is 14.9 Å². The minimum atomic E-state index is -1.25. The molecule has 0 heterocycles. The molecule has 0 aromatic heterocycles. The first kappa shape index (κ1) is 14.2. The summed E-state index contributed by atoms with van der Waals surface area (Å²) < 4.78 is 0. The summed E-state index contributed by atoms with van der Waals surface area (Å²) in [6.07, 6.45) is -1.97. The zero-order valence-electron chi connectivity index (χ0n) is 9.74. The Morgan fingerprint density at radius 2 is 2.17 bits per heavy atom. The van der Waals surface area contributed by atoms with Gasteiger partial charge in [-0.05, 0) is 18.7 Å². The molecule has 18 heavy (non-hydrogen) atoms. The molecule has 0 saturated heterocycles. The number of nitro groups is 1. The molecule has 0 bridgehead atoms. The number of likely N-dealkylation sites (N-methyl/N-ethyl adjacent to an activating group) is 1. The molecule has 0 aliphatic carbocycles. The number of benzene rings is 1. The Kier molecular flexibility index (Phi) is 4.90. The summed E-state index contributed by atoms with van der Waals surface area (Å²) >= 11 is 0. The summed E-state index contributed by atoms with van der Waals surface area (Å²) in [4.78, 5) is 20.7. The van der Waals surface area contributed by atoms with E-state index < -0.39 is 22.8 Å². The van der Waals surface area contributed by atoms with Crippen molar-refractivity contribution < 1.29 is 19.9 Å². The highest BCUT2D eigenvalue weighted by atomic mass is 16.6. The fourth-order valence-corrected chi connectivity index (χ4v) is 1.55. The van der Waals surface area contributed by atoms with E-state index in [2.05, 4.69) is 5.32 Å². The molecule has 0 aliphatic rings. The van der Waals surface area contributed by atoms with Crippen molar-refractivity contribution in [1.29, 1.82) is 0 Å². The minimum Gasteiger partial charge on any atom is -0.389 e. The number of aliphatic hydroxyl groups is 2. The van der Waals surface area contributed by atoms with Gasteiger partial charge in [0, 0.05) is 12.6 Å². The molecule has 0 fully saturated rings. The van der Waals surface area contributed by atoms with Crippen LogP contribution in [0.3, 0.4) is 0 Å². The second-order valence-electron chi connectivity index (χ2n) is 3.76.